The van der Waals surface area contributed by atoms with E-state index in [1.165, 1.54) is 0 Å². The maximum absolute atomic E-state index is 11.5. The lowest BCUT2D eigenvalue weighted by atomic mass is 9.85. The number of hydrogen-bond acceptors (Lipinski definition) is 4. The van der Waals surface area contributed by atoms with E-state index in [0.717, 1.165) is 19.3 Å². The second-order valence-corrected chi connectivity index (χ2v) is 4.14. The number of aliphatic hydroxyl groups excluding tert-OH is 1. The first-order valence-electron chi connectivity index (χ1n) is 5.33. The van der Waals surface area contributed by atoms with Crippen LogP contribution in [0.4, 0.5) is 0 Å². The van der Waals surface area contributed by atoms with Crippen molar-refractivity contribution >= 4 is 5.97 Å². The molecule has 80 valence electrons. The van der Waals surface area contributed by atoms with E-state index in [0.29, 0.717) is 12.5 Å². The average Bonchev–Trinajstić information content (AvgIpc) is 2.52. The smallest absolute Gasteiger partial charge is 0.323 e. The molecule has 1 heterocycles. The van der Waals surface area contributed by atoms with Crippen molar-refractivity contribution in [3.63, 3.8) is 0 Å². The number of hydrogen-bond donors (Lipinski definition) is 2. The van der Waals surface area contributed by atoms with Crippen LogP contribution in [0.25, 0.3) is 0 Å². The number of carbonyl (C=O) groups is 1. The fourth-order valence-corrected chi connectivity index (χ4v) is 2.53. The van der Waals surface area contributed by atoms with E-state index in [2.05, 4.69) is 5.32 Å². The van der Waals surface area contributed by atoms with Gasteiger partial charge in [0, 0.05) is 6.04 Å². The highest BCUT2D eigenvalue weighted by Crippen LogP contribution is 2.34. The fourth-order valence-electron chi connectivity index (χ4n) is 2.53. The molecule has 0 amide bonds. The topological polar surface area (TPSA) is 58.6 Å². The molecule has 0 aromatic heterocycles. The zero-order valence-corrected chi connectivity index (χ0v) is 8.40. The quantitative estimate of drug-likeness (QED) is 0.617. The highest BCUT2D eigenvalue weighted by atomic mass is 16.5. The Bertz CT molecular complexity index is 231. The summed E-state index contributed by atoms with van der Waals surface area (Å²) in [6, 6.07) is -0.0831. The van der Waals surface area contributed by atoms with Crippen LogP contribution in [0.3, 0.4) is 0 Å². The van der Waals surface area contributed by atoms with Crippen LogP contribution in [-0.2, 0) is 9.53 Å². The first kappa shape index (κ1) is 9.93. The second-order valence-electron chi connectivity index (χ2n) is 4.14. The summed E-state index contributed by atoms with van der Waals surface area (Å²) in [5.74, 6) is 0.205. The minimum atomic E-state index is -0.286. The molecule has 0 unspecified atom stereocenters. The number of carbonyl (C=O) groups excluding carboxylic acids is 1. The third-order valence-corrected chi connectivity index (χ3v) is 3.26. The van der Waals surface area contributed by atoms with Crippen LogP contribution in [0.1, 0.15) is 26.2 Å². The molecule has 4 atom stereocenters. The van der Waals surface area contributed by atoms with Gasteiger partial charge in [0.2, 0.25) is 0 Å². The summed E-state index contributed by atoms with van der Waals surface area (Å²) in [5.41, 5.74) is 0. The molecule has 0 radical (unpaired) electrons. The van der Waals surface area contributed by atoms with Gasteiger partial charge in [-0.05, 0) is 32.1 Å². The van der Waals surface area contributed by atoms with E-state index in [4.69, 9.17) is 4.74 Å². The number of aliphatic hydroxyl groups is 1. The van der Waals surface area contributed by atoms with Gasteiger partial charge in [0.05, 0.1) is 12.7 Å². The van der Waals surface area contributed by atoms with Crippen LogP contribution in [0.2, 0.25) is 0 Å². The molecule has 2 rings (SSSR count). The van der Waals surface area contributed by atoms with Gasteiger partial charge in [0.25, 0.3) is 0 Å². The molecule has 2 bridgehead atoms. The van der Waals surface area contributed by atoms with Gasteiger partial charge in [-0.1, -0.05) is 0 Å². The molecule has 1 saturated heterocycles. The van der Waals surface area contributed by atoms with E-state index in [9.17, 15) is 9.90 Å². The Hall–Kier alpha value is -0.610. The van der Waals surface area contributed by atoms with Crippen LogP contribution >= 0.6 is 0 Å². The van der Waals surface area contributed by atoms with Gasteiger partial charge >= 0.3 is 5.97 Å². The third kappa shape index (κ3) is 1.64. The predicted molar refractivity (Wildman–Crippen MR) is 50.7 cm³/mol. The molecular formula is C10H17NO3. The highest BCUT2D eigenvalue weighted by molar-refractivity contribution is 5.76. The lowest BCUT2D eigenvalue weighted by molar-refractivity contribution is -0.146. The monoisotopic (exact) mass is 199 g/mol. The maximum atomic E-state index is 11.5. The molecule has 0 aromatic rings. The van der Waals surface area contributed by atoms with Crippen LogP contribution in [0.15, 0.2) is 0 Å². The summed E-state index contributed by atoms with van der Waals surface area (Å²) in [7, 11) is 0. The second kappa shape index (κ2) is 3.87. The van der Waals surface area contributed by atoms with Gasteiger partial charge in [-0.3, -0.25) is 10.1 Å². The maximum Gasteiger partial charge on any atom is 0.323 e. The average molecular weight is 199 g/mol. The van der Waals surface area contributed by atoms with E-state index in [-0.39, 0.29) is 24.2 Å². The number of nitrogens with one attached hydrogen (secondary N) is 1. The molecule has 4 nitrogen and oxygen atoms in total. The Kier molecular flexibility index (Phi) is 2.74. The highest BCUT2D eigenvalue weighted by Gasteiger charge is 2.44. The van der Waals surface area contributed by atoms with Crippen molar-refractivity contribution in [1.29, 1.82) is 0 Å². The van der Waals surface area contributed by atoms with E-state index in [1.54, 1.807) is 0 Å². The minimum absolute atomic E-state index is 0.100. The largest absolute Gasteiger partial charge is 0.465 e. The van der Waals surface area contributed by atoms with E-state index >= 15 is 0 Å². The zero-order valence-electron chi connectivity index (χ0n) is 8.40. The summed E-state index contributed by atoms with van der Waals surface area (Å²) in [6.45, 7) is 2.24. The Morgan fingerprint density at radius 3 is 3.00 bits per heavy atom. The molecule has 1 aliphatic heterocycles. The van der Waals surface area contributed by atoms with Gasteiger partial charge in [0.15, 0.2) is 0 Å². The Balaban J connectivity index is 1.99. The van der Waals surface area contributed by atoms with Crippen molar-refractivity contribution in [3.8, 4) is 0 Å². The summed E-state index contributed by atoms with van der Waals surface area (Å²) >= 11 is 0. The first-order chi connectivity index (χ1) is 6.72. The molecule has 0 spiro atoms. The van der Waals surface area contributed by atoms with Crippen LogP contribution in [0, 0.1) is 5.92 Å². The minimum Gasteiger partial charge on any atom is -0.465 e. The Labute approximate surface area is 83.6 Å². The van der Waals surface area contributed by atoms with Gasteiger partial charge in [-0.25, -0.2) is 0 Å². The lowest BCUT2D eigenvalue weighted by Gasteiger charge is -2.23. The summed E-state index contributed by atoms with van der Waals surface area (Å²) in [5, 5.41) is 12.8. The van der Waals surface area contributed by atoms with Crippen LogP contribution in [0.5, 0.6) is 0 Å². The van der Waals surface area contributed by atoms with E-state index < -0.39 is 0 Å². The standard InChI is InChI=1S/C10H17NO3/c1-2-14-10(13)9-6-3-4-8(12)7(5-6)11-9/h6-9,11-12H,2-5H2,1H3/t6-,7-,8-,9+/m1/s1. The SMILES string of the molecule is CCOC(=O)[C@H]1N[C@@H]2C[C@H]1CC[C@H]2O. The first-order valence-corrected chi connectivity index (χ1v) is 5.33. The Morgan fingerprint density at radius 2 is 2.36 bits per heavy atom. The molecule has 2 fully saturated rings. The summed E-state index contributed by atoms with van der Waals surface area (Å²) in [4.78, 5) is 11.5. The summed E-state index contributed by atoms with van der Waals surface area (Å²) < 4.78 is 4.99. The van der Waals surface area contributed by atoms with E-state index in [1.807, 2.05) is 6.92 Å². The van der Waals surface area contributed by atoms with Crippen molar-refractivity contribution < 1.29 is 14.6 Å². The molecule has 14 heavy (non-hydrogen) atoms. The summed E-state index contributed by atoms with van der Waals surface area (Å²) in [6.07, 6.45) is 2.35. The molecule has 4 heteroatoms. The molecule has 1 saturated carbocycles. The molecule has 2 aliphatic rings. The lowest BCUT2D eigenvalue weighted by Crippen LogP contribution is -2.41. The van der Waals surface area contributed by atoms with Crippen LogP contribution < -0.4 is 5.32 Å². The predicted octanol–water partition coefficient (Wildman–Crippen LogP) is 0.0509. The number of esters is 1. The van der Waals surface area contributed by atoms with Crippen molar-refractivity contribution in [2.75, 3.05) is 6.61 Å². The van der Waals surface area contributed by atoms with Crippen molar-refractivity contribution in [1.82, 2.24) is 5.32 Å². The van der Waals surface area contributed by atoms with Gasteiger partial charge in [-0.15, -0.1) is 0 Å². The molecule has 1 aliphatic carbocycles. The number of ether oxygens (including phenoxy) is 1. The van der Waals surface area contributed by atoms with Gasteiger partial charge in [0.1, 0.15) is 6.04 Å². The normalized spacial score (nSPS) is 41.0. The molecule has 2 N–H and O–H groups in total. The number of fused-ring (bicyclic) bond motifs is 2. The molecular weight excluding hydrogens is 182 g/mol. The van der Waals surface area contributed by atoms with Gasteiger partial charge < -0.3 is 9.84 Å². The fraction of sp³-hybridized carbons (Fsp3) is 0.900. The van der Waals surface area contributed by atoms with Crippen molar-refractivity contribution in [2.24, 2.45) is 5.92 Å². The van der Waals surface area contributed by atoms with Crippen molar-refractivity contribution in [2.45, 2.75) is 44.4 Å². The van der Waals surface area contributed by atoms with Crippen molar-refractivity contribution in [3.05, 3.63) is 0 Å². The Morgan fingerprint density at radius 1 is 1.57 bits per heavy atom. The van der Waals surface area contributed by atoms with Crippen LogP contribution in [-0.4, -0.2) is 35.9 Å². The third-order valence-electron chi connectivity index (χ3n) is 3.26. The molecule has 0 aromatic carbocycles. The van der Waals surface area contributed by atoms with Gasteiger partial charge in [-0.2, -0.15) is 0 Å². The zero-order chi connectivity index (χ0) is 10.1. The number of rotatable bonds is 2.